The lowest BCUT2D eigenvalue weighted by atomic mass is 10.1. The van der Waals surface area contributed by atoms with Crippen LogP contribution in [0.15, 0.2) is 24.3 Å². The molecule has 0 atom stereocenters. The van der Waals surface area contributed by atoms with E-state index >= 15 is 0 Å². The number of Topliss-reactive ketones (excluding diaryl/α,β-unsaturated/α-hetero) is 1. The van der Waals surface area contributed by atoms with Gasteiger partial charge in [-0.2, -0.15) is 0 Å². The molecule has 0 bridgehead atoms. The average molecular weight is 266 g/mol. The SMILES string of the molecule is CN(CCC(=O)c1ccc(Cl)cc1)C1CCCC1. The fraction of sp³-hybridized carbons (Fsp3) is 0.533. The van der Waals surface area contributed by atoms with Gasteiger partial charge in [0.1, 0.15) is 0 Å². The summed E-state index contributed by atoms with van der Waals surface area (Å²) in [6.45, 7) is 0.853. The molecule has 98 valence electrons. The molecule has 1 aromatic carbocycles. The molecular formula is C15H20ClNO. The molecule has 0 N–H and O–H groups in total. The first-order valence-corrected chi connectivity index (χ1v) is 7.03. The van der Waals surface area contributed by atoms with E-state index < -0.39 is 0 Å². The van der Waals surface area contributed by atoms with Gasteiger partial charge < -0.3 is 4.90 Å². The van der Waals surface area contributed by atoms with Crippen LogP contribution in [-0.4, -0.2) is 30.3 Å². The van der Waals surface area contributed by atoms with E-state index in [4.69, 9.17) is 11.6 Å². The van der Waals surface area contributed by atoms with Gasteiger partial charge in [-0.1, -0.05) is 24.4 Å². The molecule has 0 spiro atoms. The van der Waals surface area contributed by atoms with E-state index in [1.807, 2.05) is 0 Å². The molecule has 18 heavy (non-hydrogen) atoms. The number of carbonyl (C=O) groups excluding carboxylic acids is 1. The van der Waals surface area contributed by atoms with Crippen molar-refractivity contribution in [2.75, 3.05) is 13.6 Å². The molecule has 0 aliphatic heterocycles. The molecule has 1 saturated carbocycles. The molecule has 1 fully saturated rings. The summed E-state index contributed by atoms with van der Waals surface area (Å²) >= 11 is 5.81. The van der Waals surface area contributed by atoms with Gasteiger partial charge in [-0.3, -0.25) is 4.79 Å². The van der Waals surface area contributed by atoms with Crippen LogP contribution in [0.3, 0.4) is 0 Å². The molecule has 2 rings (SSSR count). The minimum absolute atomic E-state index is 0.205. The van der Waals surface area contributed by atoms with Gasteiger partial charge in [-0.15, -0.1) is 0 Å². The van der Waals surface area contributed by atoms with Crippen molar-refractivity contribution in [2.45, 2.75) is 38.1 Å². The number of ketones is 1. The maximum absolute atomic E-state index is 12.0. The summed E-state index contributed by atoms with van der Waals surface area (Å²) in [7, 11) is 2.13. The molecule has 0 saturated heterocycles. The summed E-state index contributed by atoms with van der Waals surface area (Å²) in [5, 5.41) is 0.676. The van der Waals surface area contributed by atoms with Crippen molar-refractivity contribution in [3.8, 4) is 0 Å². The average Bonchev–Trinajstić information content (AvgIpc) is 2.90. The van der Waals surface area contributed by atoms with Crippen LogP contribution < -0.4 is 0 Å². The molecule has 0 radical (unpaired) electrons. The van der Waals surface area contributed by atoms with Gasteiger partial charge in [0.25, 0.3) is 0 Å². The number of carbonyl (C=O) groups is 1. The first-order valence-electron chi connectivity index (χ1n) is 6.66. The molecule has 1 aromatic rings. The minimum Gasteiger partial charge on any atom is -0.303 e. The van der Waals surface area contributed by atoms with Crippen LogP contribution in [0.4, 0.5) is 0 Å². The number of halogens is 1. The Hall–Kier alpha value is -0.860. The fourth-order valence-electron chi connectivity index (χ4n) is 2.59. The van der Waals surface area contributed by atoms with Crippen LogP contribution in [0.25, 0.3) is 0 Å². The second kappa shape index (κ2) is 6.35. The summed E-state index contributed by atoms with van der Waals surface area (Å²) in [6.07, 6.45) is 5.83. The fourth-order valence-corrected chi connectivity index (χ4v) is 2.71. The molecule has 2 nitrogen and oxygen atoms in total. The van der Waals surface area contributed by atoms with Crippen molar-refractivity contribution in [1.29, 1.82) is 0 Å². The Balaban J connectivity index is 1.82. The predicted molar refractivity (Wildman–Crippen MR) is 75.3 cm³/mol. The molecule has 0 aromatic heterocycles. The monoisotopic (exact) mass is 265 g/mol. The van der Waals surface area contributed by atoms with Gasteiger partial charge in [0.05, 0.1) is 0 Å². The van der Waals surface area contributed by atoms with Gasteiger partial charge in [0, 0.05) is 29.6 Å². The first kappa shape index (κ1) is 13.6. The molecule has 1 aliphatic rings. The van der Waals surface area contributed by atoms with E-state index in [-0.39, 0.29) is 5.78 Å². The van der Waals surface area contributed by atoms with Crippen molar-refractivity contribution in [2.24, 2.45) is 0 Å². The molecule has 0 unspecified atom stereocenters. The zero-order valence-corrected chi connectivity index (χ0v) is 11.6. The minimum atomic E-state index is 0.205. The highest BCUT2D eigenvalue weighted by molar-refractivity contribution is 6.30. The van der Waals surface area contributed by atoms with Gasteiger partial charge in [0.2, 0.25) is 0 Å². The number of hydrogen-bond donors (Lipinski definition) is 0. The number of hydrogen-bond acceptors (Lipinski definition) is 2. The van der Waals surface area contributed by atoms with Gasteiger partial charge in [-0.25, -0.2) is 0 Å². The summed E-state index contributed by atoms with van der Waals surface area (Å²) in [6, 6.07) is 7.84. The lowest BCUT2D eigenvalue weighted by Crippen LogP contribution is -2.31. The van der Waals surface area contributed by atoms with Gasteiger partial charge >= 0.3 is 0 Å². The Kier molecular flexibility index (Phi) is 4.79. The number of benzene rings is 1. The van der Waals surface area contributed by atoms with Crippen LogP contribution in [0.5, 0.6) is 0 Å². The van der Waals surface area contributed by atoms with E-state index in [0.29, 0.717) is 17.5 Å². The summed E-state index contributed by atoms with van der Waals surface area (Å²) < 4.78 is 0. The van der Waals surface area contributed by atoms with Crippen LogP contribution >= 0.6 is 11.6 Å². The molecule has 0 heterocycles. The Bertz CT molecular complexity index is 395. The Morgan fingerprint density at radius 3 is 2.50 bits per heavy atom. The lowest BCUT2D eigenvalue weighted by molar-refractivity contribution is 0.0961. The summed E-state index contributed by atoms with van der Waals surface area (Å²) in [4.78, 5) is 14.3. The maximum atomic E-state index is 12.0. The highest BCUT2D eigenvalue weighted by Gasteiger charge is 2.19. The van der Waals surface area contributed by atoms with Crippen LogP contribution in [0.1, 0.15) is 42.5 Å². The third-order valence-electron chi connectivity index (χ3n) is 3.81. The predicted octanol–water partition coefficient (Wildman–Crippen LogP) is 3.79. The number of nitrogens with zero attached hydrogens (tertiary/aromatic N) is 1. The molecule has 3 heteroatoms. The van der Waals surface area contributed by atoms with Crippen LogP contribution in [-0.2, 0) is 0 Å². The Morgan fingerprint density at radius 2 is 1.89 bits per heavy atom. The standard InChI is InChI=1S/C15H20ClNO/c1-17(14-4-2-3-5-14)11-10-15(18)12-6-8-13(16)9-7-12/h6-9,14H,2-5,10-11H2,1H3. The largest absolute Gasteiger partial charge is 0.303 e. The zero-order chi connectivity index (χ0) is 13.0. The third-order valence-corrected chi connectivity index (χ3v) is 4.06. The smallest absolute Gasteiger partial charge is 0.164 e. The van der Waals surface area contributed by atoms with Crippen LogP contribution in [0.2, 0.25) is 5.02 Å². The zero-order valence-electron chi connectivity index (χ0n) is 10.9. The Morgan fingerprint density at radius 1 is 1.28 bits per heavy atom. The van der Waals surface area contributed by atoms with Crippen molar-refractivity contribution < 1.29 is 4.79 Å². The van der Waals surface area contributed by atoms with Gasteiger partial charge in [-0.05, 0) is 44.2 Å². The van der Waals surface area contributed by atoms with E-state index in [9.17, 15) is 4.79 Å². The molecular weight excluding hydrogens is 246 g/mol. The highest BCUT2D eigenvalue weighted by Crippen LogP contribution is 2.22. The summed E-state index contributed by atoms with van der Waals surface area (Å²) in [5.41, 5.74) is 0.763. The van der Waals surface area contributed by atoms with Gasteiger partial charge in [0.15, 0.2) is 5.78 Å². The van der Waals surface area contributed by atoms with E-state index in [2.05, 4.69) is 11.9 Å². The normalized spacial score (nSPS) is 16.4. The van der Waals surface area contributed by atoms with Crippen LogP contribution in [0, 0.1) is 0 Å². The second-order valence-corrected chi connectivity index (χ2v) is 5.54. The maximum Gasteiger partial charge on any atom is 0.164 e. The van der Waals surface area contributed by atoms with E-state index in [1.54, 1.807) is 24.3 Å². The van der Waals surface area contributed by atoms with Crippen molar-refractivity contribution >= 4 is 17.4 Å². The molecule has 0 amide bonds. The first-order chi connectivity index (χ1) is 8.66. The third kappa shape index (κ3) is 3.56. The molecule has 1 aliphatic carbocycles. The quantitative estimate of drug-likeness (QED) is 0.755. The van der Waals surface area contributed by atoms with Crippen molar-refractivity contribution in [1.82, 2.24) is 4.90 Å². The summed E-state index contributed by atoms with van der Waals surface area (Å²) in [5.74, 6) is 0.205. The van der Waals surface area contributed by atoms with Crippen molar-refractivity contribution in [3.05, 3.63) is 34.9 Å². The van der Waals surface area contributed by atoms with E-state index in [0.717, 1.165) is 12.1 Å². The Labute approximate surface area is 114 Å². The second-order valence-electron chi connectivity index (χ2n) is 5.10. The van der Waals surface area contributed by atoms with Crippen molar-refractivity contribution in [3.63, 3.8) is 0 Å². The lowest BCUT2D eigenvalue weighted by Gasteiger charge is -2.23. The van der Waals surface area contributed by atoms with E-state index in [1.165, 1.54) is 25.7 Å². The topological polar surface area (TPSA) is 20.3 Å². The highest BCUT2D eigenvalue weighted by atomic mass is 35.5. The number of rotatable bonds is 5.